The zero-order valence-electron chi connectivity index (χ0n) is 13.7. The summed E-state index contributed by atoms with van der Waals surface area (Å²) in [5.41, 5.74) is 6.15. The van der Waals surface area contributed by atoms with Crippen molar-refractivity contribution in [2.75, 3.05) is 5.32 Å². The highest BCUT2D eigenvalue weighted by Gasteiger charge is 2.11. The van der Waals surface area contributed by atoms with Gasteiger partial charge in [0.1, 0.15) is 0 Å². The van der Waals surface area contributed by atoms with Crippen molar-refractivity contribution in [1.82, 2.24) is 5.32 Å². The Morgan fingerprint density at radius 1 is 1.05 bits per heavy atom. The first kappa shape index (κ1) is 16.5. The van der Waals surface area contributed by atoms with Gasteiger partial charge in [0.15, 0.2) is 5.11 Å². The molecule has 0 radical (unpaired) electrons. The van der Waals surface area contributed by atoms with Crippen molar-refractivity contribution in [3.05, 3.63) is 64.7 Å². The number of aryl methyl sites for hydroxylation is 3. The van der Waals surface area contributed by atoms with Crippen LogP contribution in [0.25, 0.3) is 0 Å². The van der Waals surface area contributed by atoms with E-state index in [9.17, 15) is 0 Å². The van der Waals surface area contributed by atoms with Crippen molar-refractivity contribution in [3.8, 4) is 0 Å². The van der Waals surface area contributed by atoms with Crippen LogP contribution in [0.4, 0.5) is 5.69 Å². The lowest BCUT2D eigenvalue weighted by atomic mass is 9.99. The summed E-state index contributed by atoms with van der Waals surface area (Å²) in [5, 5.41) is 7.34. The van der Waals surface area contributed by atoms with Crippen LogP contribution in [-0.4, -0.2) is 5.11 Å². The number of thiocarbonyl (C=S) groups is 1. The predicted molar refractivity (Wildman–Crippen MR) is 99.5 cm³/mol. The molecular formula is C19H24N2S. The number of anilines is 1. The molecule has 0 aliphatic rings. The lowest BCUT2D eigenvalue weighted by molar-refractivity contribution is 0.628. The first-order valence-electron chi connectivity index (χ1n) is 7.71. The quantitative estimate of drug-likeness (QED) is 0.773. The smallest absolute Gasteiger partial charge is 0.171 e. The van der Waals surface area contributed by atoms with Crippen LogP contribution in [0.5, 0.6) is 0 Å². The highest BCUT2D eigenvalue weighted by Crippen LogP contribution is 2.20. The summed E-state index contributed by atoms with van der Waals surface area (Å²) in [5.74, 6) is 0. The second-order valence-electron chi connectivity index (χ2n) is 5.77. The van der Waals surface area contributed by atoms with Crippen molar-refractivity contribution >= 4 is 23.0 Å². The molecular weight excluding hydrogens is 288 g/mol. The Morgan fingerprint density at radius 2 is 1.82 bits per heavy atom. The predicted octanol–water partition coefficient (Wildman–Crippen LogP) is 5.05. The third kappa shape index (κ3) is 4.31. The third-order valence-corrected chi connectivity index (χ3v) is 4.14. The van der Waals surface area contributed by atoms with Gasteiger partial charge in [-0.2, -0.15) is 0 Å². The Labute approximate surface area is 139 Å². The highest BCUT2D eigenvalue weighted by molar-refractivity contribution is 7.80. The Bertz CT molecular complexity index is 664. The van der Waals surface area contributed by atoms with Crippen LogP contribution in [0.1, 0.15) is 41.6 Å². The summed E-state index contributed by atoms with van der Waals surface area (Å²) in [7, 11) is 0. The first-order valence-corrected chi connectivity index (χ1v) is 8.11. The molecule has 0 heterocycles. The molecule has 3 heteroatoms. The number of benzene rings is 2. The molecule has 0 bridgehead atoms. The molecule has 2 aromatic carbocycles. The minimum atomic E-state index is 0.226. The first-order chi connectivity index (χ1) is 10.5. The summed E-state index contributed by atoms with van der Waals surface area (Å²) in [6.45, 7) is 8.53. The van der Waals surface area contributed by atoms with Gasteiger partial charge >= 0.3 is 0 Å². The van der Waals surface area contributed by atoms with Gasteiger partial charge in [-0.15, -0.1) is 0 Å². The largest absolute Gasteiger partial charge is 0.356 e. The van der Waals surface area contributed by atoms with E-state index in [2.05, 4.69) is 68.7 Å². The molecule has 1 unspecified atom stereocenters. The van der Waals surface area contributed by atoms with Gasteiger partial charge in [-0.1, -0.05) is 37.3 Å². The summed E-state index contributed by atoms with van der Waals surface area (Å²) >= 11 is 5.46. The molecule has 116 valence electrons. The molecule has 2 rings (SSSR count). The van der Waals surface area contributed by atoms with E-state index in [0.717, 1.165) is 12.1 Å². The third-order valence-electron chi connectivity index (χ3n) is 3.92. The van der Waals surface area contributed by atoms with Crippen LogP contribution in [0.2, 0.25) is 0 Å². The van der Waals surface area contributed by atoms with E-state index in [-0.39, 0.29) is 6.04 Å². The fraction of sp³-hybridized carbons (Fsp3) is 0.316. The van der Waals surface area contributed by atoms with E-state index in [1.165, 1.54) is 22.3 Å². The molecule has 22 heavy (non-hydrogen) atoms. The molecule has 0 saturated carbocycles. The highest BCUT2D eigenvalue weighted by atomic mass is 32.1. The van der Waals surface area contributed by atoms with Gasteiger partial charge in [-0.3, -0.25) is 0 Å². The summed E-state index contributed by atoms with van der Waals surface area (Å²) < 4.78 is 0. The lowest BCUT2D eigenvalue weighted by Crippen LogP contribution is -2.32. The van der Waals surface area contributed by atoms with Gasteiger partial charge in [0.2, 0.25) is 0 Å². The Kier molecular flexibility index (Phi) is 5.56. The van der Waals surface area contributed by atoms with Gasteiger partial charge in [-0.25, -0.2) is 0 Å². The number of rotatable bonds is 4. The van der Waals surface area contributed by atoms with Crippen molar-refractivity contribution in [3.63, 3.8) is 0 Å². The topological polar surface area (TPSA) is 24.1 Å². The fourth-order valence-electron chi connectivity index (χ4n) is 2.45. The van der Waals surface area contributed by atoms with Gasteiger partial charge < -0.3 is 10.6 Å². The molecule has 0 aromatic heterocycles. The van der Waals surface area contributed by atoms with Crippen LogP contribution < -0.4 is 10.6 Å². The maximum Gasteiger partial charge on any atom is 0.171 e. The lowest BCUT2D eigenvalue weighted by Gasteiger charge is -2.21. The van der Waals surface area contributed by atoms with E-state index < -0.39 is 0 Å². The van der Waals surface area contributed by atoms with Crippen LogP contribution in [-0.2, 0) is 0 Å². The van der Waals surface area contributed by atoms with Gasteiger partial charge in [0.05, 0.1) is 6.04 Å². The van der Waals surface area contributed by atoms with E-state index in [0.29, 0.717) is 5.11 Å². The minimum Gasteiger partial charge on any atom is -0.356 e. The Morgan fingerprint density at radius 3 is 2.45 bits per heavy atom. The Balaban J connectivity index is 2.06. The van der Waals surface area contributed by atoms with Crippen molar-refractivity contribution in [2.45, 2.75) is 40.2 Å². The average molecular weight is 312 g/mol. The number of nitrogens with one attached hydrogen (secondary N) is 2. The summed E-state index contributed by atoms with van der Waals surface area (Å²) in [6.07, 6.45) is 0.984. The molecule has 2 nitrogen and oxygen atoms in total. The molecule has 0 aliphatic heterocycles. The molecule has 2 N–H and O–H groups in total. The van der Waals surface area contributed by atoms with Crippen LogP contribution >= 0.6 is 12.2 Å². The molecule has 0 aliphatic carbocycles. The number of hydrogen-bond acceptors (Lipinski definition) is 1. The molecule has 2 aromatic rings. The minimum absolute atomic E-state index is 0.226. The van der Waals surface area contributed by atoms with E-state index in [1.807, 2.05) is 12.1 Å². The molecule has 0 spiro atoms. The zero-order chi connectivity index (χ0) is 16.1. The zero-order valence-corrected chi connectivity index (χ0v) is 14.6. The second kappa shape index (κ2) is 7.41. The van der Waals surface area contributed by atoms with E-state index in [1.54, 1.807) is 0 Å². The standard InChI is InChI=1S/C19H24N2S/c1-5-18(16-10-9-14(3)15(4)12-16)21-19(22)20-17-8-6-7-13(2)11-17/h6-12,18H,5H2,1-4H3,(H2,20,21,22). The summed E-state index contributed by atoms with van der Waals surface area (Å²) in [4.78, 5) is 0. The van der Waals surface area contributed by atoms with Gasteiger partial charge in [0.25, 0.3) is 0 Å². The van der Waals surface area contributed by atoms with Crippen LogP contribution in [0.3, 0.4) is 0 Å². The van der Waals surface area contributed by atoms with Crippen LogP contribution in [0.15, 0.2) is 42.5 Å². The van der Waals surface area contributed by atoms with Crippen LogP contribution in [0, 0.1) is 20.8 Å². The second-order valence-corrected chi connectivity index (χ2v) is 6.18. The van der Waals surface area contributed by atoms with Crippen molar-refractivity contribution < 1.29 is 0 Å². The monoisotopic (exact) mass is 312 g/mol. The van der Waals surface area contributed by atoms with E-state index >= 15 is 0 Å². The SMILES string of the molecule is CCC(NC(=S)Nc1cccc(C)c1)c1ccc(C)c(C)c1. The maximum atomic E-state index is 5.46. The molecule has 0 saturated heterocycles. The Hall–Kier alpha value is -1.87. The van der Waals surface area contributed by atoms with Crippen molar-refractivity contribution in [2.24, 2.45) is 0 Å². The van der Waals surface area contributed by atoms with Crippen molar-refractivity contribution in [1.29, 1.82) is 0 Å². The molecule has 0 amide bonds. The van der Waals surface area contributed by atoms with Gasteiger partial charge in [-0.05, 0) is 73.8 Å². The fourth-order valence-corrected chi connectivity index (χ4v) is 2.71. The maximum absolute atomic E-state index is 5.46. The van der Waals surface area contributed by atoms with Gasteiger partial charge in [0, 0.05) is 5.69 Å². The molecule has 0 fully saturated rings. The van der Waals surface area contributed by atoms with E-state index in [4.69, 9.17) is 12.2 Å². The molecule has 1 atom stereocenters. The normalized spacial score (nSPS) is 11.8. The average Bonchev–Trinajstić information content (AvgIpc) is 2.48. The number of hydrogen-bond donors (Lipinski definition) is 2. The summed E-state index contributed by atoms with van der Waals surface area (Å²) in [6, 6.07) is 15.0.